The molecule has 3 fully saturated rings. The molecular formula is C15H19NO. The molecule has 4 heterocycles. The molecule has 0 amide bonds. The van der Waals surface area contributed by atoms with Crippen LogP contribution in [0.15, 0.2) is 24.3 Å². The van der Waals surface area contributed by atoms with E-state index in [4.69, 9.17) is 4.74 Å². The highest BCUT2D eigenvalue weighted by atomic mass is 16.5. The Hall–Kier alpha value is -1.02. The molecule has 3 saturated heterocycles. The number of rotatable bonds is 1. The first kappa shape index (κ1) is 9.95. The van der Waals surface area contributed by atoms with Gasteiger partial charge in [0, 0.05) is 18.9 Å². The fourth-order valence-electron chi connectivity index (χ4n) is 3.88. The summed E-state index contributed by atoms with van der Waals surface area (Å²) in [6.45, 7) is 3.91. The van der Waals surface area contributed by atoms with Gasteiger partial charge in [-0.3, -0.25) is 0 Å². The molecule has 0 N–H and O–H groups in total. The Labute approximate surface area is 103 Å². The molecule has 2 atom stereocenters. The second kappa shape index (κ2) is 3.74. The summed E-state index contributed by atoms with van der Waals surface area (Å²) < 4.78 is 6.17. The third-order valence-corrected chi connectivity index (χ3v) is 4.86. The highest BCUT2D eigenvalue weighted by Gasteiger charge is 2.41. The number of hydrogen-bond donors (Lipinski definition) is 0. The van der Waals surface area contributed by atoms with Gasteiger partial charge in [-0.2, -0.15) is 0 Å². The second-order valence-electron chi connectivity index (χ2n) is 5.77. The fourth-order valence-corrected chi connectivity index (χ4v) is 3.88. The van der Waals surface area contributed by atoms with E-state index in [1.165, 1.54) is 38.0 Å². The quantitative estimate of drug-likeness (QED) is 0.733. The Morgan fingerprint density at radius 3 is 2.65 bits per heavy atom. The first-order valence-electron chi connectivity index (χ1n) is 6.87. The maximum Gasteiger partial charge on any atom is 0.123 e. The number of para-hydroxylation sites is 1. The summed E-state index contributed by atoms with van der Waals surface area (Å²) in [5, 5.41) is 0. The topological polar surface area (TPSA) is 12.5 Å². The molecule has 4 aliphatic rings. The van der Waals surface area contributed by atoms with E-state index in [1.54, 1.807) is 0 Å². The van der Waals surface area contributed by atoms with Crippen molar-refractivity contribution < 1.29 is 4.74 Å². The lowest BCUT2D eigenvalue weighted by Crippen LogP contribution is -2.52. The number of ether oxygens (including phenoxy) is 1. The Kier molecular flexibility index (Phi) is 2.19. The number of hydrogen-bond acceptors (Lipinski definition) is 2. The molecular weight excluding hydrogens is 210 g/mol. The van der Waals surface area contributed by atoms with E-state index in [1.807, 2.05) is 0 Å². The van der Waals surface area contributed by atoms with Gasteiger partial charge in [0.05, 0.1) is 0 Å². The zero-order valence-corrected chi connectivity index (χ0v) is 10.1. The van der Waals surface area contributed by atoms with Crippen LogP contribution in [0, 0.1) is 11.8 Å². The lowest BCUT2D eigenvalue weighted by molar-refractivity contribution is -0.00663. The van der Waals surface area contributed by atoms with E-state index in [2.05, 4.69) is 29.2 Å². The van der Waals surface area contributed by atoms with E-state index in [9.17, 15) is 0 Å². The number of piperidine rings is 3. The van der Waals surface area contributed by atoms with Gasteiger partial charge >= 0.3 is 0 Å². The molecule has 5 rings (SSSR count). The van der Waals surface area contributed by atoms with Gasteiger partial charge < -0.3 is 9.64 Å². The average Bonchev–Trinajstić information content (AvgIpc) is 2.83. The highest BCUT2D eigenvalue weighted by molar-refractivity contribution is 5.37. The zero-order chi connectivity index (χ0) is 11.2. The first-order valence-corrected chi connectivity index (χ1v) is 6.87. The zero-order valence-electron chi connectivity index (χ0n) is 10.1. The van der Waals surface area contributed by atoms with Crippen LogP contribution in [-0.4, -0.2) is 30.6 Å². The van der Waals surface area contributed by atoms with E-state index in [0.717, 1.165) is 24.0 Å². The van der Waals surface area contributed by atoms with Crippen molar-refractivity contribution in [1.82, 2.24) is 4.90 Å². The summed E-state index contributed by atoms with van der Waals surface area (Å²) in [5.41, 5.74) is 1.41. The maximum atomic E-state index is 6.17. The van der Waals surface area contributed by atoms with Crippen molar-refractivity contribution in [3.8, 4) is 5.75 Å². The lowest BCUT2D eigenvalue weighted by Gasteiger charge is -2.46. The SMILES string of the molecule is c1ccc2c(c1)C[C@@H]([C@@H]1CN3CCC1CC3)O2. The maximum absolute atomic E-state index is 6.17. The molecule has 0 saturated carbocycles. The molecule has 0 radical (unpaired) electrons. The van der Waals surface area contributed by atoms with Gasteiger partial charge in [0.25, 0.3) is 0 Å². The summed E-state index contributed by atoms with van der Waals surface area (Å²) in [5.74, 6) is 2.82. The van der Waals surface area contributed by atoms with Gasteiger partial charge in [0.1, 0.15) is 11.9 Å². The Balaban J connectivity index is 1.55. The van der Waals surface area contributed by atoms with Gasteiger partial charge in [0.2, 0.25) is 0 Å². The van der Waals surface area contributed by atoms with E-state index >= 15 is 0 Å². The third-order valence-electron chi connectivity index (χ3n) is 4.86. The molecule has 2 nitrogen and oxygen atoms in total. The van der Waals surface area contributed by atoms with Gasteiger partial charge in [-0.25, -0.2) is 0 Å². The summed E-state index contributed by atoms with van der Waals surface area (Å²) in [4.78, 5) is 2.62. The molecule has 90 valence electrons. The molecule has 4 aliphatic heterocycles. The van der Waals surface area contributed by atoms with Crippen LogP contribution in [-0.2, 0) is 6.42 Å². The van der Waals surface area contributed by atoms with Crippen LogP contribution in [0.25, 0.3) is 0 Å². The van der Waals surface area contributed by atoms with Crippen molar-refractivity contribution in [2.24, 2.45) is 11.8 Å². The van der Waals surface area contributed by atoms with Crippen LogP contribution in [0.5, 0.6) is 5.75 Å². The van der Waals surface area contributed by atoms with Crippen molar-refractivity contribution in [3.05, 3.63) is 29.8 Å². The normalized spacial score (nSPS) is 38.8. The Morgan fingerprint density at radius 1 is 1.12 bits per heavy atom. The first-order chi connectivity index (χ1) is 8.40. The summed E-state index contributed by atoms with van der Waals surface area (Å²) in [6.07, 6.45) is 4.35. The minimum Gasteiger partial charge on any atom is -0.489 e. The molecule has 1 aromatic carbocycles. The summed E-state index contributed by atoms with van der Waals surface area (Å²) in [7, 11) is 0. The van der Waals surface area contributed by atoms with Crippen LogP contribution in [0.4, 0.5) is 0 Å². The van der Waals surface area contributed by atoms with Crippen molar-refractivity contribution in [2.75, 3.05) is 19.6 Å². The van der Waals surface area contributed by atoms with Gasteiger partial charge in [-0.15, -0.1) is 0 Å². The molecule has 0 aromatic heterocycles. The molecule has 17 heavy (non-hydrogen) atoms. The minimum atomic E-state index is 0.445. The minimum absolute atomic E-state index is 0.445. The van der Waals surface area contributed by atoms with Crippen molar-refractivity contribution in [3.63, 3.8) is 0 Å². The van der Waals surface area contributed by atoms with Crippen LogP contribution in [0.2, 0.25) is 0 Å². The Bertz CT molecular complexity index is 398. The van der Waals surface area contributed by atoms with E-state index in [0.29, 0.717) is 6.10 Å². The Morgan fingerprint density at radius 2 is 1.94 bits per heavy atom. The number of fused-ring (bicyclic) bond motifs is 4. The number of nitrogens with zero attached hydrogens (tertiary/aromatic N) is 1. The van der Waals surface area contributed by atoms with Crippen molar-refractivity contribution in [1.29, 1.82) is 0 Å². The van der Waals surface area contributed by atoms with Gasteiger partial charge in [-0.05, 0) is 43.5 Å². The predicted octanol–water partition coefficient (Wildman–Crippen LogP) is 2.33. The molecule has 0 spiro atoms. The molecule has 2 bridgehead atoms. The van der Waals surface area contributed by atoms with Crippen molar-refractivity contribution >= 4 is 0 Å². The highest BCUT2D eigenvalue weighted by Crippen LogP contribution is 2.40. The fraction of sp³-hybridized carbons (Fsp3) is 0.600. The molecule has 1 aromatic rings. The lowest BCUT2D eigenvalue weighted by atomic mass is 9.75. The summed E-state index contributed by atoms with van der Waals surface area (Å²) in [6, 6.07) is 8.55. The van der Waals surface area contributed by atoms with Crippen LogP contribution in [0.3, 0.4) is 0 Å². The largest absolute Gasteiger partial charge is 0.489 e. The molecule has 2 heteroatoms. The monoisotopic (exact) mass is 229 g/mol. The second-order valence-corrected chi connectivity index (χ2v) is 5.77. The predicted molar refractivity (Wildman–Crippen MR) is 67.2 cm³/mol. The third kappa shape index (κ3) is 1.58. The molecule has 0 aliphatic carbocycles. The smallest absolute Gasteiger partial charge is 0.123 e. The molecule has 0 unspecified atom stereocenters. The summed E-state index contributed by atoms with van der Waals surface area (Å²) >= 11 is 0. The average molecular weight is 229 g/mol. The van der Waals surface area contributed by atoms with Crippen LogP contribution < -0.4 is 4.74 Å². The standard InChI is InChI=1S/C15H19NO/c1-2-4-14-12(3-1)9-15(17-14)13-10-16-7-5-11(13)6-8-16/h1-4,11,13,15H,5-10H2/t13-,15+/m1/s1. The van der Waals surface area contributed by atoms with Crippen LogP contribution >= 0.6 is 0 Å². The van der Waals surface area contributed by atoms with Crippen molar-refractivity contribution in [2.45, 2.75) is 25.4 Å². The van der Waals surface area contributed by atoms with Gasteiger partial charge in [0.15, 0.2) is 0 Å². The number of benzene rings is 1. The van der Waals surface area contributed by atoms with E-state index < -0.39 is 0 Å². The van der Waals surface area contributed by atoms with E-state index in [-0.39, 0.29) is 0 Å². The van der Waals surface area contributed by atoms with Gasteiger partial charge in [-0.1, -0.05) is 18.2 Å². The van der Waals surface area contributed by atoms with Crippen LogP contribution in [0.1, 0.15) is 18.4 Å².